The van der Waals surface area contributed by atoms with E-state index in [2.05, 4.69) is 10.3 Å². The van der Waals surface area contributed by atoms with Gasteiger partial charge >= 0.3 is 5.97 Å². The predicted molar refractivity (Wildman–Crippen MR) is 118 cm³/mol. The van der Waals surface area contributed by atoms with Crippen molar-refractivity contribution < 1.29 is 22.7 Å². The summed E-state index contributed by atoms with van der Waals surface area (Å²) in [5.74, 6) is -0.770. The first kappa shape index (κ1) is 21.4. The summed E-state index contributed by atoms with van der Waals surface area (Å²) in [6.07, 6.45) is 1.08. The molecular formula is C18H19N3O5S4. The van der Waals surface area contributed by atoms with E-state index in [0.717, 1.165) is 21.6 Å². The van der Waals surface area contributed by atoms with Crippen LogP contribution in [-0.2, 0) is 19.6 Å². The molecule has 30 heavy (non-hydrogen) atoms. The fraction of sp³-hybridized carbons (Fsp3) is 0.389. The Morgan fingerprint density at radius 1 is 1.37 bits per heavy atom. The molecule has 4 heterocycles. The highest BCUT2D eigenvalue weighted by Crippen LogP contribution is 2.37. The van der Waals surface area contributed by atoms with Crippen LogP contribution in [0.15, 0.2) is 21.7 Å². The van der Waals surface area contributed by atoms with E-state index in [1.54, 1.807) is 24.4 Å². The highest BCUT2D eigenvalue weighted by Gasteiger charge is 2.40. The number of amides is 1. The number of thiophene rings is 2. The van der Waals surface area contributed by atoms with Crippen molar-refractivity contribution in [1.29, 1.82) is 0 Å². The highest BCUT2D eigenvalue weighted by atomic mass is 32.2. The molecule has 1 fully saturated rings. The van der Waals surface area contributed by atoms with E-state index in [0.29, 0.717) is 40.8 Å². The van der Waals surface area contributed by atoms with E-state index in [4.69, 9.17) is 4.74 Å². The Morgan fingerprint density at radius 2 is 2.17 bits per heavy atom. The summed E-state index contributed by atoms with van der Waals surface area (Å²) < 4.78 is 33.1. The molecule has 1 saturated heterocycles. The Bertz CT molecular complexity index is 1200. The third-order valence-electron chi connectivity index (χ3n) is 4.73. The number of ether oxygens (including phenoxy) is 1. The van der Waals surface area contributed by atoms with E-state index in [-0.39, 0.29) is 10.2 Å². The highest BCUT2D eigenvalue weighted by molar-refractivity contribution is 7.91. The Kier molecular flexibility index (Phi) is 5.95. The maximum absolute atomic E-state index is 12.9. The lowest BCUT2D eigenvalue weighted by Crippen LogP contribution is -2.42. The van der Waals surface area contributed by atoms with E-state index >= 15 is 0 Å². The van der Waals surface area contributed by atoms with Gasteiger partial charge in [0.15, 0.2) is 5.13 Å². The number of nitrogens with one attached hydrogen (secondary N) is 1. The van der Waals surface area contributed by atoms with Crippen LogP contribution in [0.2, 0.25) is 0 Å². The zero-order chi connectivity index (χ0) is 21.5. The van der Waals surface area contributed by atoms with Gasteiger partial charge in [0.05, 0.1) is 11.3 Å². The van der Waals surface area contributed by atoms with Crippen molar-refractivity contribution in [3.63, 3.8) is 0 Å². The molecule has 1 aliphatic heterocycles. The van der Waals surface area contributed by atoms with Crippen molar-refractivity contribution in [3.8, 4) is 0 Å². The van der Waals surface area contributed by atoms with Crippen LogP contribution in [0.5, 0.6) is 0 Å². The van der Waals surface area contributed by atoms with E-state index in [9.17, 15) is 18.0 Å². The van der Waals surface area contributed by atoms with Crippen LogP contribution in [0.25, 0.3) is 9.53 Å². The number of carbonyl (C=O) groups excluding carboxylic acids is 2. The molecule has 0 spiro atoms. The van der Waals surface area contributed by atoms with Crippen LogP contribution in [0.1, 0.15) is 35.0 Å². The van der Waals surface area contributed by atoms with Crippen LogP contribution in [0, 0.1) is 6.92 Å². The molecule has 160 valence electrons. The van der Waals surface area contributed by atoms with Gasteiger partial charge < -0.3 is 10.1 Å². The maximum Gasteiger partial charge on any atom is 0.348 e. The molecule has 0 aliphatic carbocycles. The first-order valence-electron chi connectivity index (χ1n) is 9.26. The summed E-state index contributed by atoms with van der Waals surface area (Å²) in [6, 6.07) is 2.46. The molecule has 3 aromatic heterocycles. The molecule has 0 radical (unpaired) electrons. The summed E-state index contributed by atoms with van der Waals surface area (Å²) in [6.45, 7) is 4.18. The standard InChI is InChI=1S/C18H19N3O5S4/c1-3-26-17(23)14-10(2)13-16(28-14)20-18(29-13)19-15(22)11-6-4-8-21(11)30(24,25)12-7-5-9-27-12/h5,7,9,11H,3-4,6,8H2,1-2H3,(H,19,20,22). The van der Waals surface area contributed by atoms with Gasteiger partial charge in [-0.1, -0.05) is 17.4 Å². The largest absolute Gasteiger partial charge is 0.462 e. The summed E-state index contributed by atoms with van der Waals surface area (Å²) in [4.78, 5) is 30.5. The summed E-state index contributed by atoms with van der Waals surface area (Å²) >= 11 is 3.63. The Morgan fingerprint density at radius 3 is 2.83 bits per heavy atom. The van der Waals surface area contributed by atoms with Crippen molar-refractivity contribution in [2.24, 2.45) is 0 Å². The molecule has 4 rings (SSSR count). The molecule has 0 saturated carbocycles. The molecule has 1 atom stereocenters. The molecule has 12 heteroatoms. The number of esters is 1. The minimum absolute atomic E-state index is 0.235. The smallest absolute Gasteiger partial charge is 0.348 e. The second kappa shape index (κ2) is 8.35. The molecule has 8 nitrogen and oxygen atoms in total. The van der Waals surface area contributed by atoms with Crippen molar-refractivity contribution in [3.05, 3.63) is 28.0 Å². The average Bonchev–Trinajstić information content (AvgIpc) is 3.48. The van der Waals surface area contributed by atoms with Gasteiger partial charge in [-0.3, -0.25) is 4.79 Å². The molecule has 0 bridgehead atoms. The quantitative estimate of drug-likeness (QED) is 0.534. The summed E-state index contributed by atoms with van der Waals surface area (Å²) in [7, 11) is -3.70. The summed E-state index contributed by atoms with van der Waals surface area (Å²) in [5.41, 5.74) is 0.772. The van der Waals surface area contributed by atoms with E-state index in [1.165, 1.54) is 27.0 Å². The molecule has 3 aromatic rings. The van der Waals surface area contributed by atoms with Gasteiger partial charge in [-0.05, 0) is 43.7 Å². The minimum atomic E-state index is -3.70. The number of hydrogen-bond donors (Lipinski definition) is 1. The number of carbonyl (C=O) groups is 2. The summed E-state index contributed by atoms with van der Waals surface area (Å²) in [5, 5.41) is 4.85. The maximum atomic E-state index is 12.9. The van der Waals surface area contributed by atoms with Gasteiger partial charge in [-0.2, -0.15) is 4.31 Å². The number of nitrogens with zero attached hydrogens (tertiary/aromatic N) is 2. The fourth-order valence-electron chi connectivity index (χ4n) is 3.34. The number of sulfonamides is 1. The Balaban J connectivity index is 1.53. The van der Waals surface area contributed by atoms with Crippen LogP contribution < -0.4 is 5.32 Å². The lowest BCUT2D eigenvalue weighted by molar-refractivity contribution is -0.119. The fourth-order valence-corrected chi connectivity index (χ4v) is 8.33. The number of thiazole rings is 1. The van der Waals surface area contributed by atoms with Gasteiger partial charge in [0.2, 0.25) is 5.91 Å². The van der Waals surface area contributed by atoms with Gasteiger partial charge in [0, 0.05) is 6.54 Å². The lowest BCUT2D eigenvalue weighted by atomic mass is 10.2. The van der Waals surface area contributed by atoms with Crippen molar-refractivity contribution in [2.45, 2.75) is 36.9 Å². The van der Waals surface area contributed by atoms with Crippen LogP contribution in [0.3, 0.4) is 0 Å². The van der Waals surface area contributed by atoms with Crippen LogP contribution in [-0.4, -0.2) is 48.8 Å². The SMILES string of the molecule is CCOC(=O)c1sc2nc(NC(=O)C3CCCN3S(=O)(=O)c3cccs3)sc2c1C. The second-order valence-corrected chi connectivity index (χ2v) is 11.7. The second-order valence-electron chi connectivity index (χ2n) is 6.63. The van der Waals surface area contributed by atoms with Gasteiger partial charge in [0.25, 0.3) is 10.0 Å². The first-order valence-corrected chi connectivity index (χ1v) is 13.2. The number of rotatable bonds is 6. The molecular weight excluding hydrogens is 466 g/mol. The third-order valence-corrected chi connectivity index (χ3v) is 10.4. The van der Waals surface area contributed by atoms with E-state index < -0.39 is 22.0 Å². The third kappa shape index (κ3) is 3.78. The zero-order valence-electron chi connectivity index (χ0n) is 16.2. The van der Waals surface area contributed by atoms with E-state index in [1.807, 2.05) is 6.92 Å². The van der Waals surface area contributed by atoms with Gasteiger partial charge in [-0.25, -0.2) is 18.2 Å². The van der Waals surface area contributed by atoms with Crippen molar-refractivity contribution in [1.82, 2.24) is 9.29 Å². The topological polar surface area (TPSA) is 106 Å². The number of aromatic nitrogens is 1. The van der Waals surface area contributed by atoms with Crippen LogP contribution in [0.4, 0.5) is 5.13 Å². The average molecular weight is 486 g/mol. The monoisotopic (exact) mass is 485 g/mol. The predicted octanol–water partition coefficient (Wildman–Crippen LogP) is 3.70. The van der Waals surface area contributed by atoms with Crippen molar-refractivity contribution >= 4 is 70.6 Å². The number of hydrogen-bond acceptors (Lipinski definition) is 9. The molecule has 1 aliphatic rings. The molecule has 0 aromatic carbocycles. The molecule has 1 unspecified atom stereocenters. The number of fused-ring (bicyclic) bond motifs is 1. The van der Waals surface area contributed by atoms with Gasteiger partial charge in [-0.15, -0.1) is 22.7 Å². The molecule has 1 amide bonds. The Labute approximate surface area is 185 Å². The van der Waals surface area contributed by atoms with Crippen molar-refractivity contribution in [2.75, 3.05) is 18.5 Å². The Hall–Kier alpha value is -1.86. The normalized spacial score (nSPS) is 17.5. The first-order chi connectivity index (χ1) is 14.3. The van der Waals surface area contributed by atoms with Gasteiger partial charge in [0.1, 0.15) is 20.0 Å². The number of aryl methyl sites for hydroxylation is 1. The molecule has 1 N–H and O–H groups in total. The minimum Gasteiger partial charge on any atom is -0.462 e. The zero-order valence-corrected chi connectivity index (χ0v) is 19.5. The number of anilines is 1. The lowest BCUT2D eigenvalue weighted by Gasteiger charge is -2.22. The van der Waals surface area contributed by atoms with Crippen LogP contribution >= 0.6 is 34.0 Å².